The van der Waals surface area contributed by atoms with Gasteiger partial charge >= 0.3 is 0 Å². The van der Waals surface area contributed by atoms with Crippen LogP contribution in [0, 0.1) is 73.0 Å². The van der Waals surface area contributed by atoms with Crippen molar-refractivity contribution in [2.24, 2.45) is 0 Å². The van der Waals surface area contributed by atoms with Crippen molar-refractivity contribution in [2.75, 3.05) is 9.80 Å². The Morgan fingerprint density at radius 3 is 0.821 bits per heavy atom. The molecule has 0 amide bonds. The molecule has 0 aromatic heterocycles. The van der Waals surface area contributed by atoms with Gasteiger partial charge in [0.1, 0.15) is 0 Å². The van der Waals surface area contributed by atoms with E-state index in [1.54, 1.807) is 0 Å². The van der Waals surface area contributed by atoms with E-state index in [4.69, 9.17) is 0 Å². The molecule has 0 unspecified atom stereocenters. The summed E-state index contributed by atoms with van der Waals surface area (Å²) in [6.45, 7) is 8.70. The lowest BCUT2D eigenvalue weighted by atomic mass is 9.90. The smallest absolute Gasteiger partial charge is 0.0991 e. The van der Waals surface area contributed by atoms with E-state index in [0.29, 0.717) is 22.3 Å². The SMILES string of the molecule is Cc1cccc(C)c1N(c1cc(-c2ccc(C#N)cc2)cc(-c2ccc(C#N)cc2)c1)c1ccc2ccc3c(N(c4cc(-c5ccc(C#N)cc5)cc(-c5ccc(C#N)cc5)c4)c4c(C)cccc4C)ccc4ccc1c2c43. The van der Waals surface area contributed by atoms with Gasteiger partial charge in [-0.1, -0.05) is 121 Å². The van der Waals surface area contributed by atoms with Gasteiger partial charge < -0.3 is 9.80 Å². The van der Waals surface area contributed by atoms with Crippen molar-refractivity contribution in [3.63, 3.8) is 0 Å². The lowest BCUT2D eigenvalue weighted by Crippen LogP contribution is -2.14. The first kappa shape index (κ1) is 48.2. The van der Waals surface area contributed by atoms with Crippen molar-refractivity contribution < 1.29 is 0 Å². The minimum atomic E-state index is 0.595. The van der Waals surface area contributed by atoms with Crippen LogP contribution in [0.2, 0.25) is 0 Å². The summed E-state index contributed by atoms with van der Waals surface area (Å²) in [5.74, 6) is 0. The van der Waals surface area contributed by atoms with Crippen LogP contribution in [0.15, 0.2) is 218 Å². The third-order valence-electron chi connectivity index (χ3n) is 15.2. The molecule has 0 saturated heterocycles. The molecule has 0 radical (unpaired) electrons. The highest BCUT2D eigenvalue weighted by molar-refractivity contribution is 6.28. The molecule has 0 saturated carbocycles. The van der Waals surface area contributed by atoms with Crippen LogP contribution < -0.4 is 9.80 Å². The molecule has 12 aromatic rings. The largest absolute Gasteiger partial charge is 0.309 e. The molecule has 78 heavy (non-hydrogen) atoms. The van der Waals surface area contributed by atoms with Crippen LogP contribution in [0.3, 0.4) is 0 Å². The van der Waals surface area contributed by atoms with Crippen molar-refractivity contribution >= 4 is 66.4 Å². The molecule has 0 fully saturated rings. The minimum Gasteiger partial charge on any atom is -0.309 e. The zero-order valence-electron chi connectivity index (χ0n) is 43.5. The van der Waals surface area contributed by atoms with Crippen LogP contribution in [0.1, 0.15) is 44.5 Å². The van der Waals surface area contributed by atoms with Gasteiger partial charge in [-0.25, -0.2) is 0 Å². The fraction of sp³-hybridized carbons (Fsp3) is 0.0556. The summed E-state index contributed by atoms with van der Waals surface area (Å²) in [7, 11) is 0. The summed E-state index contributed by atoms with van der Waals surface area (Å²) in [6, 6.07) is 84.5. The van der Waals surface area contributed by atoms with E-state index in [2.05, 4.69) is 183 Å². The molecular formula is C72H48N6. The average Bonchev–Trinajstić information content (AvgIpc) is 3.63. The molecule has 12 rings (SSSR count). The molecule has 0 aliphatic rings. The maximum atomic E-state index is 9.74. The average molecular weight is 997 g/mol. The number of hydrogen-bond donors (Lipinski definition) is 0. The normalized spacial score (nSPS) is 11.0. The Morgan fingerprint density at radius 1 is 0.282 bits per heavy atom. The Balaban J connectivity index is 1.12. The quantitative estimate of drug-likeness (QED) is 0.127. The lowest BCUT2D eigenvalue weighted by molar-refractivity contribution is 1.23. The number of rotatable bonds is 10. The van der Waals surface area contributed by atoms with Crippen molar-refractivity contribution in [2.45, 2.75) is 27.7 Å². The predicted molar refractivity (Wildman–Crippen MR) is 319 cm³/mol. The zero-order valence-corrected chi connectivity index (χ0v) is 43.5. The highest BCUT2D eigenvalue weighted by Crippen LogP contribution is 2.51. The van der Waals surface area contributed by atoms with Crippen LogP contribution >= 0.6 is 0 Å². The first-order valence-electron chi connectivity index (χ1n) is 25.9. The fourth-order valence-corrected chi connectivity index (χ4v) is 11.4. The first-order valence-corrected chi connectivity index (χ1v) is 25.9. The number of anilines is 6. The van der Waals surface area contributed by atoms with Crippen LogP contribution in [-0.2, 0) is 0 Å². The molecule has 12 aromatic carbocycles. The van der Waals surface area contributed by atoms with Gasteiger partial charge in [-0.05, 0) is 213 Å². The Morgan fingerprint density at radius 2 is 0.551 bits per heavy atom. The van der Waals surface area contributed by atoms with Crippen molar-refractivity contribution in [1.82, 2.24) is 0 Å². The second kappa shape index (κ2) is 19.8. The Labute approximate surface area is 454 Å². The summed E-state index contributed by atoms with van der Waals surface area (Å²) in [4.78, 5) is 4.83. The topological polar surface area (TPSA) is 102 Å². The molecule has 0 N–H and O–H groups in total. The second-order valence-electron chi connectivity index (χ2n) is 20.0. The van der Waals surface area contributed by atoms with E-state index < -0.39 is 0 Å². The van der Waals surface area contributed by atoms with E-state index in [0.717, 1.165) is 133 Å². The van der Waals surface area contributed by atoms with Crippen molar-refractivity contribution in [3.8, 4) is 68.8 Å². The van der Waals surface area contributed by atoms with Gasteiger partial charge in [-0.2, -0.15) is 21.0 Å². The molecule has 6 heteroatoms. The molecule has 0 atom stereocenters. The Hall–Kier alpha value is -10.8. The second-order valence-corrected chi connectivity index (χ2v) is 20.0. The highest BCUT2D eigenvalue weighted by Gasteiger charge is 2.26. The number of hydrogen-bond acceptors (Lipinski definition) is 6. The van der Waals surface area contributed by atoms with E-state index >= 15 is 0 Å². The van der Waals surface area contributed by atoms with Gasteiger partial charge in [0.05, 0.1) is 69.3 Å². The number of nitriles is 4. The molecule has 0 heterocycles. The van der Waals surface area contributed by atoms with Gasteiger partial charge in [0, 0.05) is 22.1 Å². The van der Waals surface area contributed by atoms with E-state index in [9.17, 15) is 21.0 Å². The van der Waals surface area contributed by atoms with E-state index in [1.165, 1.54) is 0 Å². The van der Waals surface area contributed by atoms with Crippen molar-refractivity contribution in [1.29, 1.82) is 21.0 Å². The summed E-state index contributed by atoms with van der Waals surface area (Å²) in [5, 5.41) is 45.7. The van der Waals surface area contributed by atoms with Crippen LogP contribution in [0.25, 0.3) is 76.8 Å². The van der Waals surface area contributed by atoms with Crippen LogP contribution in [-0.4, -0.2) is 0 Å². The maximum Gasteiger partial charge on any atom is 0.0991 e. The Kier molecular flexibility index (Phi) is 12.3. The monoisotopic (exact) mass is 996 g/mol. The molecule has 366 valence electrons. The van der Waals surface area contributed by atoms with Gasteiger partial charge in [0.25, 0.3) is 0 Å². The molecule has 0 aliphatic heterocycles. The predicted octanol–water partition coefficient (Wildman–Crippen LogP) is 18.9. The number of para-hydroxylation sites is 2. The highest BCUT2D eigenvalue weighted by atomic mass is 15.2. The lowest BCUT2D eigenvalue weighted by Gasteiger charge is -2.32. The third-order valence-corrected chi connectivity index (χ3v) is 15.2. The molecule has 0 bridgehead atoms. The number of aryl methyl sites for hydroxylation is 4. The van der Waals surface area contributed by atoms with Crippen LogP contribution in [0.5, 0.6) is 0 Å². The number of nitrogens with zero attached hydrogens (tertiary/aromatic N) is 6. The summed E-state index contributed by atoms with van der Waals surface area (Å²) in [6.07, 6.45) is 0. The zero-order chi connectivity index (χ0) is 53.6. The molecule has 0 spiro atoms. The third kappa shape index (κ3) is 8.57. The summed E-state index contributed by atoms with van der Waals surface area (Å²) < 4.78 is 0. The minimum absolute atomic E-state index is 0.595. The van der Waals surface area contributed by atoms with E-state index in [-0.39, 0.29) is 0 Å². The van der Waals surface area contributed by atoms with Gasteiger partial charge in [0.2, 0.25) is 0 Å². The van der Waals surface area contributed by atoms with E-state index in [1.807, 2.05) is 97.1 Å². The Bertz CT molecular complexity index is 4020. The van der Waals surface area contributed by atoms with Crippen molar-refractivity contribution in [3.05, 3.63) is 263 Å². The first-order chi connectivity index (χ1) is 38.1. The maximum absolute atomic E-state index is 9.74. The molecular weight excluding hydrogens is 949 g/mol. The summed E-state index contributed by atoms with van der Waals surface area (Å²) in [5.41, 5.74) is 20.9. The van der Waals surface area contributed by atoms with Gasteiger partial charge in [-0.15, -0.1) is 0 Å². The number of benzene rings is 12. The molecule has 0 aliphatic carbocycles. The standard InChI is InChI=1S/C72H48N6/c1-45-7-5-8-46(2)71(45)77(63-37-59(53-19-11-49(41-73)12-20-53)35-60(38-63)54-21-13-50(42-74)14-22-54)67-33-29-57-28-32-66-68(34-30-58-27-31-65(67)69(57)70(58)66)78(72-47(3)9-6-10-48(72)4)64-39-61(55-23-15-51(43-75)16-24-55)36-62(40-64)56-25-17-52(44-76)18-26-56/h5-40H,1-4H3. The fourth-order valence-electron chi connectivity index (χ4n) is 11.4. The summed E-state index contributed by atoms with van der Waals surface area (Å²) >= 11 is 0. The van der Waals surface area contributed by atoms with Gasteiger partial charge in [-0.3, -0.25) is 0 Å². The molecule has 6 nitrogen and oxygen atoms in total. The van der Waals surface area contributed by atoms with Crippen LogP contribution in [0.4, 0.5) is 34.1 Å². The van der Waals surface area contributed by atoms with Gasteiger partial charge in [0.15, 0.2) is 0 Å².